The van der Waals surface area contributed by atoms with Gasteiger partial charge in [0, 0.05) is 16.8 Å². The van der Waals surface area contributed by atoms with E-state index < -0.39 is 0 Å². The highest BCUT2D eigenvalue weighted by Crippen LogP contribution is 2.34. The van der Waals surface area contributed by atoms with Gasteiger partial charge in [0.05, 0.1) is 24.9 Å². The molecule has 0 atom stereocenters. The van der Waals surface area contributed by atoms with Crippen molar-refractivity contribution < 1.29 is 14.3 Å². The van der Waals surface area contributed by atoms with Crippen molar-refractivity contribution in [2.24, 2.45) is 0 Å². The number of benzene rings is 2. The van der Waals surface area contributed by atoms with Crippen molar-refractivity contribution in [2.75, 3.05) is 19.0 Å². The number of carbonyl (C=O) groups excluding carboxylic acids is 1. The summed E-state index contributed by atoms with van der Waals surface area (Å²) < 4.78 is 10.9. The van der Waals surface area contributed by atoms with Crippen molar-refractivity contribution in [3.63, 3.8) is 0 Å². The largest absolute Gasteiger partial charge is 0.493 e. The molecular formula is C23H19ClN2O3. The van der Waals surface area contributed by atoms with Crippen LogP contribution in [0.2, 0.25) is 5.02 Å². The van der Waals surface area contributed by atoms with Crippen molar-refractivity contribution in [3.05, 3.63) is 71.4 Å². The van der Waals surface area contributed by atoms with Gasteiger partial charge in [0.15, 0.2) is 11.5 Å². The van der Waals surface area contributed by atoms with Crippen LogP contribution in [0.3, 0.4) is 0 Å². The number of hydrogen-bond acceptors (Lipinski definition) is 4. The van der Waals surface area contributed by atoms with Crippen LogP contribution in [-0.4, -0.2) is 24.6 Å². The number of hydrogen-bond donors (Lipinski definition) is 1. The first kappa shape index (κ1) is 20.2. The molecule has 0 bridgehead atoms. The van der Waals surface area contributed by atoms with Crippen LogP contribution in [-0.2, 0) is 11.2 Å². The second-order valence-electron chi connectivity index (χ2n) is 6.11. The third-order valence-electron chi connectivity index (χ3n) is 4.11. The summed E-state index contributed by atoms with van der Waals surface area (Å²) in [5, 5.41) is 3.56. The molecule has 0 aliphatic carbocycles. The number of terminal acetylenes is 1. The van der Waals surface area contributed by atoms with E-state index in [-0.39, 0.29) is 18.9 Å². The predicted molar refractivity (Wildman–Crippen MR) is 114 cm³/mol. The normalized spacial score (nSPS) is 10.1. The zero-order chi connectivity index (χ0) is 20.6. The van der Waals surface area contributed by atoms with Gasteiger partial charge in [-0.05, 0) is 48.0 Å². The molecule has 0 aliphatic heterocycles. The van der Waals surface area contributed by atoms with Gasteiger partial charge >= 0.3 is 0 Å². The fourth-order valence-electron chi connectivity index (χ4n) is 2.77. The Hall–Kier alpha value is -3.49. The maximum absolute atomic E-state index is 12.5. The minimum Gasteiger partial charge on any atom is -0.493 e. The zero-order valence-corrected chi connectivity index (χ0v) is 16.6. The van der Waals surface area contributed by atoms with E-state index in [9.17, 15) is 4.79 Å². The van der Waals surface area contributed by atoms with Crippen LogP contribution in [0.15, 0.2) is 60.8 Å². The highest BCUT2D eigenvalue weighted by Gasteiger charge is 2.13. The summed E-state index contributed by atoms with van der Waals surface area (Å²) in [7, 11) is 1.55. The van der Waals surface area contributed by atoms with Gasteiger partial charge in [0.25, 0.3) is 0 Å². The maximum atomic E-state index is 12.5. The lowest BCUT2D eigenvalue weighted by molar-refractivity contribution is -0.115. The second kappa shape index (κ2) is 9.63. The number of nitrogens with zero attached hydrogens (tertiary/aromatic N) is 1. The predicted octanol–water partition coefficient (Wildman–Crippen LogP) is 4.60. The van der Waals surface area contributed by atoms with E-state index in [1.54, 1.807) is 49.7 Å². The monoisotopic (exact) mass is 406 g/mol. The minimum atomic E-state index is -0.150. The van der Waals surface area contributed by atoms with Gasteiger partial charge in [-0.25, -0.2) is 0 Å². The van der Waals surface area contributed by atoms with E-state index in [1.807, 2.05) is 18.2 Å². The number of aromatic nitrogens is 1. The highest BCUT2D eigenvalue weighted by atomic mass is 35.5. The van der Waals surface area contributed by atoms with E-state index >= 15 is 0 Å². The quantitative estimate of drug-likeness (QED) is 0.582. The van der Waals surface area contributed by atoms with E-state index in [2.05, 4.69) is 16.2 Å². The van der Waals surface area contributed by atoms with Crippen molar-refractivity contribution in [1.29, 1.82) is 0 Å². The van der Waals surface area contributed by atoms with Gasteiger partial charge < -0.3 is 14.8 Å². The van der Waals surface area contributed by atoms with Crippen molar-refractivity contribution in [2.45, 2.75) is 6.42 Å². The number of carbonyl (C=O) groups is 1. The minimum absolute atomic E-state index is 0.144. The summed E-state index contributed by atoms with van der Waals surface area (Å²) in [5.41, 5.74) is 2.87. The number of methoxy groups -OCH3 is 1. The van der Waals surface area contributed by atoms with Gasteiger partial charge in [0.2, 0.25) is 5.91 Å². The number of rotatable bonds is 7. The Labute approximate surface area is 174 Å². The Morgan fingerprint density at radius 1 is 1.17 bits per heavy atom. The maximum Gasteiger partial charge on any atom is 0.228 e. The summed E-state index contributed by atoms with van der Waals surface area (Å²) in [6.07, 6.45) is 7.14. The molecule has 0 aliphatic rings. The fraction of sp³-hybridized carbons (Fsp3) is 0.130. The number of amides is 1. The van der Waals surface area contributed by atoms with Crippen LogP contribution in [0, 0.1) is 12.3 Å². The number of nitrogens with one attached hydrogen (secondary N) is 1. The lowest BCUT2D eigenvalue weighted by Gasteiger charge is -2.13. The topological polar surface area (TPSA) is 60.5 Å². The molecule has 6 heteroatoms. The van der Waals surface area contributed by atoms with Crippen molar-refractivity contribution >= 4 is 23.2 Å². The van der Waals surface area contributed by atoms with Gasteiger partial charge in [-0.1, -0.05) is 29.7 Å². The molecule has 146 valence electrons. The summed E-state index contributed by atoms with van der Waals surface area (Å²) in [6, 6.07) is 16.1. The van der Waals surface area contributed by atoms with Crippen LogP contribution in [0.25, 0.3) is 11.3 Å². The number of halogens is 1. The van der Waals surface area contributed by atoms with Crippen molar-refractivity contribution in [1.82, 2.24) is 4.98 Å². The Morgan fingerprint density at radius 3 is 2.69 bits per heavy atom. The third-order valence-corrected chi connectivity index (χ3v) is 4.36. The molecule has 3 rings (SSSR count). The smallest absolute Gasteiger partial charge is 0.228 e. The van der Waals surface area contributed by atoms with E-state index in [0.717, 1.165) is 11.1 Å². The van der Waals surface area contributed by atoms with Crippen LogP contribution >= 0.6 is 11.6 Å². The SMILES string of the molecule is C#CCOc1ccc(-c2ncccc2NC(=O)Cc2ccc(Cl)cc2)cc1OC. The Morgan fingerprint density at radius 2 is 1.97 bits per heavy atom. The van der Waals surface area contributed by atoms with Crippen LogP contribution in [0.4, 0.5) is 5.69 Å². The van der Waals surface area contributed by atoms with Crippen LogP contribution < -0.4 is 14.8 Å². The Balaban J connectivity index is 1.82. The van der Waals surface area contributed by atoms with Gasteiger partial charge in [-0.3, -0.25) is 9.78 Å². The number of ether oxygens (including phenoxy) is 2. The van der Waals surface area contributed by atoms with E-state index in [0.29, 0.717) is 27.9 Å². The molecular weight excluding hydrogens is 388 g/mol. The van der Waals surface area contributed by atoms with Crippen LogP contribution in [0.5, 0.6) is 11.5 Å². The molecule has 0 unspecified atom stereocenters. The molecule has 0 radical (unpaired) electrons. The fourth-order valence-corrected chi connectivity index (χ4v) is 2.90. The summed E-state index contributed by atoms with van der Waals surface area (Å²) in [4.78, 5) is 16.9. The molecule has 1 N–H and O–H groups in total. The van der Waals surface area contributed by atoms with Crippen molar-refractivity contribution in [3.8, 4) is 35.1 Å². The summed E-state index contributed by atoms with van der Waals surface area (Å²) in [6.45, 7) is 0.144. The average molecular weight is 407 g/mol. The standard InChI is InChI=1S/C23H19ClN2O3/c1-3-13-29-20-11-8-17(15-21(20)28-2)23-19(5-4-12-25-23)26-22(27)14-16-6-9-18(24)10-7-16/h1,4-12,15H,13-14H2,2H3,(H,26,27). The number of anilines is 1. The molecule has 0 saturated carbocycles. The first-order valence-corrected chi connectivity index (χ1v) is 9.22. The third kappa shape index (κ3) is 5.28. The Kier molecular flexibility index (Phi) is 6.72. The molecule has 5 nitrogen and oxygen atoms in total. The Bertz CT molecular complexity index is 1040. The zero-order valence-electron chi connectivity index (χ0n) is 15.8. The molecule has 1 heterocycles. The molecule has 0 spiro atoms. The van der Waals surface area contributed by atoms with Gasteiger partial charge in [-0.15, -0.1) is 6.42 Å². The second-order valence-corrected chi connectivity index (χ2v) is 6.55. The molecule has 0 saturated heterocycles. The molecule has 1 amide bonds. The van der Waals surface area contributed by atoms with E-state index in [4.69, 9.17) is 27.5 Å². The highest BCUT2D eigenvalue weighted by molar-refractivity contribution is 6.30. The first-order chi connectivity index (χ1) is 14.1. The average Bonchev–Trinajstić information content (AvgIpc) is 2.74. The lowest BCUT2D eigenvalue weighted by Crippen LogP contribution is -2.15. The van der Waals surface area contributed by atoms with E-state index in [1.165, 1.54) is 0 Å². The molecule has 1 aromatic heterocycles. The lowest BCUT2D eigenvalue weighted by atomic mass is 10.1. The molecule has 0 fully saturated rings. The molecule has 2 aromatic carbocycles. The van der Waals surface area contributed by atoms with Crippen LogP contribution in [0.1, 0.15) is 5.56 Å². The molecule has 3 aromatic rings. The van der Waals surface area contributed by atoms with Gasteiger partial charge in [-0.2, -0.15) is 0 Å². The van der Waals surface area contributed by atoms with Gasteiger partial charge in [0.1, 0.15) is 6.61 Å². The summed E-state index contributed by atoms with van der Waals surface area (Å²) in [5.74, 6) is 3.34. The summed E-state index contributed by atoms with van der Waals surface area (Å²) >= 11 is 5.89. The number of pyridine rings is 1. The molecule has 29 heavy (non-hydrogen) atoms. The first-order valence-electron chi connectivity index (χ1n) is 8.84.